The minimum atomic E-state index is -0.385. The molecule has 0 amide bonds. The van der Waals surface area contributed by atoms with E-state index in [1.54, 1.807) is 18.3 Å². The van der Waals surface area contributed by atoms with Crippen LogP contribution >= 0.6 is 0 Å². The van der Waals surface area contributed by atoms with Gasteiger partial charge in [-0.15, -0.1) is 0 Å². The zero-order chi connectivity index (χ0) is 12.7. The highest BCUT2D eigenvalue weighted by atomic mass is 19.1. The standard InChI is InChI=1S/C13H11FN4/c1-18-12-6-8(15)2-3-11(12)17-13(18)9-4-5-16-7-10(9)14/h2-7H,15H2,1H3. The Bertz CT molecular complexity index is 733. The smallest absolute Gasteiger partial charge is 0.152 e. The molecule has 2 N–H and O–H groups in total. The third-order valence-electron chi connectivity index (χ3n) is 2.92. The zero-order valence-electron chi connectivity index (χ0n) is 9.76. The Labute approximate surface area is 103 Å². The fraction of sp³-hybridized carbons (Fsp3) is 0.0769. The van der Waals surface area contributed by atoms with Crippen molar-refractivity contribution in [3.05, 3.63) is 42.5 Å². The summed E-state index contributed by atoms with van der Waals surface area (Å²) >= 11 is 0. The van der Waals surface area contributed by atoms with Crippen molar-refractivity contribution in [1.29, 1.82) is 0 Å². The SMILES string of the molecule is Cn1c(-c2ccncc2F)nc2ccc(N)cc21. The number of imidazole rings is 1. The number of aromatic nitrogens is 3. The van der Waals surface area contributed by atoms with Gasteiger partial charge in [0.15, 0.2) is 5.82 Å². The third-order valence-corrected chi connectivity index (χ3v) is 2.92. The van der Waals surface area contributed by atoms with E-state index in [1.807, 2.05) is 23.7 Å². The number of pyridine rings is 1. The lowest BCUT2D eigenvalue weighted by atomic mass is 10.2. The molecule has 2 heterocycles. The Balaban J connectivity index is 2.31. The van der Waals surface area contributed by atoms with E-state index in [0.29, 0.717) is 17.1 Å². The molecule has 0 spiro atoms. The number of halogens is 1. The van der Waals surface area contributed by atoms with Crippen LogP contribution < -0.4 is 5.73 Å². The first-order chi connectivity index (χ1) is 8.66. The van der Waals surface area contributed by atoms with Crippen LogP contribution in [0.3, 0.4) is 0 Å². The molecule has 5 heteroatoms. The van der Waals surface area contributed by atoms with Crippen molar-refractivity contribution in [1.82, 2.24) is 14.5 Å². The Hall–Kier alpha value is -2.43. The van der Waals surface area contributed by atoms with E-state index in [0.717, 1.165) is 11.0 Å². The van der Waals surface area contributed by atoms with Gasteiger partial charge < -0.3 is 10.3 Å². The van der Waals surface area contributed by atoms with Crippen molar-refractivity contribution in [2.24, 2.45) is 7.05 Å². The largest absolute Gasteiger partial charge is 0.399 e. The molecule has 2 aromatic heterocycles. The molecule has 0 radical (unpaired) electrons. The van der Waals surface area contributed by atoms with Crippen LogP contribution in [0.15, 0.2) is 36.7 Å². The van der Waals surface area contributed by atoms with Gasteiger partial charge in [0.05, 0.1) is 22.8 Å². The van der Waals surface area contributed by atoms with E-state index < -0.39 is 0 Å². The summed E-state index contributed by atoms with van der Waals surface area (Å²) in [7, 11) is 1.84. The fourth-order valence-electron chi connectivity index (χ4n) is 2.00. The van der Waals surface area contributed by atoms with Gasteiger partial charge in [0, 0.05) is 18.9 Å². The van der Waals surface area contributed by atoms with Crippen LogP contribution in [0, 0.1) is 5.82 Å². The first-order valence-electron chi connectivity index (χ1n) is 5.48. The van der Waals surface area contributed by atoms with Crippen LogP contribution in [0.5, 0.6) is 0 Å². The molecule has 0 saturated heterocycles. The molecule has 0 fully saturated rings. The maximum atomic E-state index is 13.7. The second kappa shape index (κ2) is 3.80. The molecule has 90 valence electrons. The number of hydrogen-bond acceptors (Lipinski definition) is 3. The molecule has 3 aromatic rings. The van der Waals surface area contributed by atoms with Crippen molar-refractivity contribution in [2.45, 2.75) is 0 Å². The number of rotatable bonds is 1. The number of nitrogens with zero attached hydrogens (tertiary/aromatic N) is 3. The predicted molar refractivity (Wildman–Crippen MR) is 68.3 cm³/mol. The quantitative estimate of drug-likeness (QED) is 0.666. The number of anilines is 1. The van der Waals surface area contributed by atoms with Crippen LogP contribution in [0.2, 0.25) is 0 Å². The first-order valence-corrected chi connectivity index (χ1v) is 5.48. The summed E-state index contributed by atoms with van der Waals surface area (Å²) in [5.74, 6) is 0.180. The third kappa shape index (κ3) is 1.52. The van der Waals surface area contributed by atoms with Crippen molar-refractivity contribution in [2.75, 3.05) is 5.73 Å². The Morgan fingerprint density at radius 2 is 2.11 bits per heavy atom. The van der Waals surface area contributed by atoms with Crippen LogP contribution in [0.4, 0.5) is 10.1 Å². The maximum absolute atomic E-state index is 13.7. The molecule has 0 saturated carbocycles. The molecule has 0 aliphatic heterocycles. The predicted octanol–water partition coefficient (Wildman–Crippen LogP) is 2.36. The highest BCUT2D eigenvalue weighted by Gasteiger charge is 2.13. The summed E-state index contributed by atoms with van der Waals surface area (Å²) in [6.07, 6.45) is 2.73. The number of hydrogen-bond donors (Lipinski definition) is 1. The van der Waals surface area contributed by atoms with E-state index in [-0.39, 0.29) is 5.82 Å². The van der Waals surface area contributed by atoms with Crippen LogP contribution in [0.25, 0.3) is 22.4 Å². The summed E-state index contributed by atoms with van der Waals surface area (Å²) in [6, 6.07) is 7.04. The molecule has 0 atom stereocenters. The molecule has 0 aliphatic rings. The minimum absolute atomic E-state index is 0.385. The Morgan fingerprint density at radius 1 is 1.28 bits per heavy atom. The van der Waals surface area contributed by atoms with Crippen LogP contribution in [0.1, 0.15) is 0 Å². The van der Waals surface area contributed by atoms with Gasteiger partial charge in [-0.1, -0.05) is 0 Å². The summed E-state index contributed by atoms with van der Waals surface area (Å²) in [5, 5.41) is 0. The monoisotopic (exact) mass is 242 g/mol. The van der Waals surface area contributed by atoms with E-state index >= 15 is 0 Å². The van der Waals surface area contributed by atoms with Crippen molar-refractivity contribution in [3.63, 3.8) is 0 Å². The van der Waals surface area contributed by atoms with Gasteiger partial charge in [0.2, 0.25) is 0 Å². The highest BCUT2D eigenvalue weighted by Crippen LogP contribution is 2.26. The second-order valence-electron chi connectivity index (χ2n) is 4.10. The van der Waals surface area contributed by atoms with E-state index in [4.69, 9.17) is 5.73 Å². The van der Waals surface area contributed by atoms with Crippen molar-refractivity contribution >= 4 is 16.7 Å². The average Bonchev–Trinajstić information content (AvgIpc) is 2.68. The summed E-state index contributed by atoms with van der Waals surface area (Å²) < 4.78 is 15.5. The van der Waals surface area contributed by atoms with Gasteiger partial charge >= 0.3 is 0 Å². The van der Waals surface area contributed by atoms with Crippen molar-refractivity contribution in [3.8, 4) is 11.4 Å². The fourth-order valence-corrected chi connectivity index (χ4v) is 2.00. The van der Waals surface area contributed by atoms with Gasteiger partial charge in [-0.25, -0.2) is 9.37 Å². The Kier molecular flexibility index (Phi) is 2.26. The van der Waals surface area contributed by atoms with E-state index in [2.05, 4.69) is 9.97 Å². The van der Waals surface area contributed by atoms with Gasteiger partial charge in [-0.2, -0.15) is 0 Å². The van der Waals surface area contributed by atoms with Crippen LogP contribution in [-0.4, -0.2) is 14.5 Å². The van der Waals surface area contributed by atoms with Gasteiger partial charge in [-0.3, -0.25) is 4.98 Å². The molecule has 0 bridgehead atoms. The normalized spacial score (nSPS) is 11.0. The van der Waals surface area contributed by atoms with Gasteiger partial charge in [0.25, 0.3) is 0 Å². The molecule has 3 rings (SSSR count). The number of nitrogens with two attached hydrogens (primary N) is 1. The highest BCUT2D eigenvalue weighted by molar-refractivity contribution is 5.83. The second-order valence-corrected chi connectivity index (χ2v) is 4.10. The zero-order valence-corrected chi connectivity index (χ0v) is 9.76. The summed E-state index contributed by atoms with van der Waals surface area (Å²) in [4.78, 5) is 8.16. The molecule has 1 aromatic carbocycles. The molecule has 0 aliphatic carbocycles. The number of nitrogen functional groups attached to an aromatic ring is 1. The average molecular weight is 242 g/mol. The number of benzene rings is 1. The molecule has 0 unspecified atom stereocenters. The number of fused-ring (bicyclic) bond motifs is 1. The van der Waals surface area contributed by atoms with Crippen molar-refractivity contribution < 1.29 is 4.39 Å². The first kappa shape index (κ1) is 10.7. The van der Waals surface area contributed by atoms with E-state index in [1.165, 1.54) is 6.20 Å². The summed E-state index contributed by atoms with van der Waals surface area (Å²) in [6.45, 7) is 0. The summed E-state index contributed by atoms with van der Waals surface area (Å²) in [5.41, 5.74) is 8.50. The lowest BCUT2D eigenvalue weighted by Gasteiger charge is -2.03. The minimum Gasteiger partial charge on any atom is -0.399 e. The lowest BCUT2D eigenvalue weighted by molar-refractivity contribution is 0.622. The number of aryl methyl sites for hydroxylation is 1. The molecule has 18 heavy (non-hydrogen) atoms. The lowest BCUT2D eigenvalue weighted by Crippen LogP contribution is -1.95. The topological polar surface area (TPSA) is 56.7 Å². The van der Waals surface area contributed by atoms with Gasteiger partial charge in [0.1, 0.15) is 5.82 Å². The molecule has 4 nitrogen and oxygen atoms in total. The van der Waals surface area contributed by atoms with Crippen LogP contribution in [-0.2, 0) is 7.05 Å². The van der Waals surface area contributed by atoms with Gasteiger partial charge in [-0.05, 0) is 24.3 Å². The maximum Gasteiger partial charge on any atom is 0.152 e. The van der Waals surface area contributed by atoms with E-state index in [9.17, 15) is 4.39 Å². The molecular weight excluding hydrogens is 231 g/mol. The molecular formula is C13H11FN4. The Morgan fingerprint density at radius 3 is 2.89 bits per heavy atom.